The molecule has 0 unspecified atom stereocenters. The van der Waals surface area contributed by atoms with Crippen molar-refractivity contribution >= 4 is 28.6 Å². The molecule has 144 valence electrons. The van der Waals surface area contributed by atoms with Crippen molar-refractivity contribution in [3.05, 3.63) is 71.2 Å². The Labute approximate surface area is 161 Å². The molecule has 28 heavy (non-hydrogen) atoms. The fraction of sp³-hybridized carbons (Fsp3) is 0.190. The minimum Gasteiger partial charge on any atom is -0.465 e. The first-order chi connectivity index (χ1) is 13.5. The number of ether oxygens (including phenoxy) is 2. The van der Waals surface area contributed by atoms with Crippen LogP contribution in [0.3, 0.4) is 0 Å². The minimum absolute atomic E-state index is 0.150. The zero-order chi connectivity index (χ0) is 20.1. The Kier molecular flexibility index (Phi) is 5.74. The first-order valence-corrected chi connectivity index (χ1v) is 8.58. The first kappa shape index (κ1) is 19.2. The first-order valence-electron chi connectivity index (χ1n) is 8.58. The summed E-state index contributed by atoms with van der Waals surface area (Å²) in [7, 11) is 1.27. The molecule has 0 aliphatic carbocycles. The molecule has 0 saturated heterocycles. The number of rotatable bonds is 6. The van der Waals surface area contributed by atoms with Crippen LogP contribution in [-0.2, 0) is 20.9 Å². The van der Waals surface area contributed by atoms with E-state index >= 15 is 0 Å². The van der Waals surface area contributed by atoms with Crippen LogP contribution in [0.5, 0.6) is 0 Å². The predicted molar refractivity (Wildman–Crippen MR) is 101 cm³/mol. The monoisotopic (exact) mass is 381 g/mol. The number of hydrogen-bond acceptors (Lipinski definition) is 6. The van der Waals surface area contributed by atoms with Gasteiger partial charge in [0.15, 0.2) is 0 Å². The van der Waals surface area contributed by atoms with Gasteiger partial charge in [-0.3, -0.25) is 9.59 Å². The van der Waals surface area contributed by atoms with Gasteiger partial charge in [0.2, 0.25) is 0 Å². The topological polar surface area (TPSA) is 94.8 Å². The number of fused-ring (bicyclic) bond motifs is 1. The third-order valence-electron chi connectivity index (χ3n) is 4.15. The van der Waals surface area contributed by atoms with Crippen molar-refractivity contribution in [1.29, 1.82) is 0 Å². The van der Waals surface area contributed by atoms with Crippen LogP contribution in [0.2, 0.25) is 0 Å². The zero-order valence-electron chi connectivity index (χ0n) is 15.5. The number of esters is 2. The lowest BCUT2D eigenvalue weighted by Crippen LogP contribution is -2.30. The third kappa shape index (κ3) is 4.37. The summed E-state index contributed by atoms with van der Waals surface area (Å²) >= 11 is 0. The second-order valence-corrected chi connectivity index (χ2v) is 6.08. The van der Waals surface area contributed by atoms with E-state index in [1.807, 2.05) is 30.3 Å². The maximum atomic E-state index is 12.2. The Morgan fingerprint density at radius 2 is 1.79 bits per heavy atom. The van der Waals surface area contributed by atoms with Crippen LogP contribution in [0.15, 0.2) is 52.9 Å². The molecular weight excluding hydrogens is 362 g/mol. The molecule has 3 rings (SSSR count). The summed E-state index contributed by atoms with van der Waals surface area (Å²) < 4.78 is 15.1. The zero-order valence-corrected chi connectivity index (χ0v) is 15.5. The molecule has 0 fully saturated rings. The van der Waals surface area contributed by atoms with E-state index in [1.165, 1.54) is 13.2 Å². The van der Waals surface area contributed by atoms with Gasteiger partial charge in [0.05, 0.1) is 7.11 Å². The summed E-state index contributed by atoms with van der Waals surface area (Å²) in [6.45, 7) is 1.18. The highest BCUT2D eigenvalue weighted by molar-refractivity contribution is 5.99. The number of benzene rings is 2. The van der Waals surface area contributed by atoms with Crippen molar-refractivity contribution < 1.29 is 28.3 Å². The highest BCUT2D eigenvalue weighted by Crippen LogP contribution is 2.17. The number of amides is 1. The molecule has 0 spiro atoms. The predicted octanol–water partition coefficient (Wildman–Crippen LogP) is 3.00. The molecule has 7 heteroatoms. The second-order valence-electron chi connectivity index (χ2n) is 6.08. The van der Waals surface area contributed by atoms with Crippen LogP contribution in [0.1, 0.15) is 32.2 Å². The van der Waals surface area contributed by atoms with Crippen molar-refractivity contribution in [3.63, 3.8) is 0 Å². The van der Waals surface area contributed by atoms with E-state index in [9.17, 15) is 14.4 Å². The minimum atomic E-state index is -0.622. The van der Waals surface area contributed by atoms with E-state index in [4.69, 9.17) is 9.15 Å². The molecule has 0 bridgehead atoms. The largest absolute Gasteiger partial charge is 0.465 e. The number of carbonyl (C=O) groups excluding carboxylic acids is 3. The highest BCUT2D eigenvalue weighted by Gasteiger charge is 2.16. The van der Waals surface area contributed by atoms with E-state index in [0.29, 0.717) is 17.1 Å². The Morgan fingerprint density at radius 3 is 2.54 bits per heavy atom. The Morgan fingerprint density at radius 1 is 1.04 bits per heavy atom. The van der Waals surface area contributed by atoms with Crippen molar-refractivity contribution in [2.24, 2.45) is 0 Å². The fourth-order valence-electron chi connectivity index (χ4n) is 2.72. The van der Waals surface area contributed by atoms with Gasteiger partial charge >= 0.3 is 11.9 Å². The van der Waals surface area contributed by atoms with Gasteiger partial charge < -0.3 is 19.2 Å². The van der Waals surface area contributed by atoms with Gasteiger partial charge in [0.25, 0.3) is 5.91 Å². The lowest BCUT2D eigenvalue weighted by Gasteiger charge is -2.06. The number of aryl methyl sites for hydroxylation is 1. The lowest BCUT2D eigenvalue weighted by molar-refractivity contribution is -0.144. The summed E-state index contributed by atoms with van der Waals surface area (Å²) in [6.07, 6.45) is 0. The Hall–Kier alpha value is -3.61. The van der Waals surface area contributed by atoms with Gasteiger partial charge in [-0.15, -0.1) is 0 Å². The van der Waals surface area contributed by atoms with Gasteiger partial charge in [-0.25, -0.2) is 4.79 Å². The number of methoxy groups -OCH3 is 1. The smallest absolute Gasteiger partial charge is 0.341 e. The Bertz CT molecular complexity index is 1040. The van der Waals surface area contributed by atoms with E-state index in [2.05, 4.69) is 10.1 Å². The lowest BCUT2D eigenvalue weighted by atomic mass is 10.1. The summed E-state index contributed by atoms with van der Waals surface area (Å²) in [4.78, 5) is 35.7. The van der Waals surface area contributed by atoms with E-state index in [1.54, 1.807) is 19.1 Å². The van der Waals surface area contributed by atoms with Gasteiger partial charge in [0.1, 0.15) is 30.2 Å². The van der Waals surface area contributed by atoms with Crippen LogP contribution < -0.4 is 5.32 Å². The van der Waals surface area contributed by atoms with Crippen LogP contribution in [0.4, 0.5) is 0 Å². The molecule has 0 aliphatic rings. The quantitative estimate of drug-likeness (QED) is 0.660. The summed E-state index contributed by atoms with van der Waals surface area (Å²) in [5, 5.41) is 4.49. The molecule has 0 saturated carbocycles. The normalized spacial score (nSPS) is 10.5. The van der Waals surface area contributed by atoms with E-state index in [0.717, 1.165) is 10.8 Å². The van der Waals surface area contributed by atoms with Crippen LogP contribution in [0.25, 0.3) is 10.8 Å². The molecule has 7 nitrogen and oxygen atoms in total. The maximum absolute atomic E-state index is 12.2. The summed E-state index contributed by atoms with van der Waals surface area (Å²) in [5.74, 6) is -0.830. The standard InChI is InChI=1S/C21H19NO6/c1-13-18(21(25)26-2)10-17(28-13)12-27-19(23)11-22-20(24)16-8-7-14-5-3-4-6-15(14)9-16/h3-10H,11-12H2,1-2H3,(H,22,24). The molecule has 3 aromatic rings. The fourth-order valence-corrected chi connectivity index (χ4v) is 2.72. The molecule has 0 radical (unpaired) electrons. The summed E-state index contributed by atoms with van der Waals surface area (Å²) in [6, 6.07) is 14.4. The molecule has 1 amide bonds. The number of furan rings is 1. The summed E-state index contributed by atoms with van der Waals surface area (Å²) in [5.41, 5.74) is 0.731. The number of hydrogen-bond donors (Lipinski definition) is 1. The number of carbonyl (C=O) groups is 3. The highest BCUT2D eigenvalue weighted by atomic mass is 16.5. The Balaban J connectivity index is 1.52. The average Bonchev–Trinajstić information content (AvgIpc) is 3.10. The third-order valence-corrected chi connectivity index (χ3v) is 4.15. The molecule has 1 N–H and O–H groups in total. The van der Waals surface area contributed by atoms with Gasteiger partial charge in [-0.05, 0) is 35.9 Å². The second kappa shape index (κ2) is 8.39. The number of nitrogens with one attached hydrogen (secondary N) is 1. The molecule has 1 heterocycles. The van der Waals surface area contributed by atoms with Crippen molar-refractivity contribution in [2.45, 2.75) is 13.5 Å². The van der Waals surface area contributed by atoms with Crippen molar-refractivity contribution in [1.82, 2.24) is 5.32 Å². The van der Waals surface area contributed by atoms with Gasteiger partial charge in [-0.1, -0.05) is 30.3 Å². The molecule has 0 aliphatic heterocycles. The molecular formula is C21H19NO6. The van der Waals surface area contributed by atoms with Gasteiger partial charge in [0, 0.05) is 5.56 Å². The van der Waals surface area contributed by atoms with Gasteiger partial charge in [-0.2, -0.15) is 0 Å². The van der Waals surface area contributed by atoms with Crippen LogP contribution in [-0.4, -0.2) is 31.5 Å². The van der Waals surface area contributed by atoms with Crippen molar-refractivity contribution in [2.75, 3.05) is 13.7 Å². The SMILES string of the molecule is COC(=O)c1cc(COC(=O)CNC(=O)c2ccc3ccccc3c2)oc1C. The van der Waals surface area contributed by atoms with Crippen LogP contribution in [0, 0.1) is 6.92 Å². The molecule has 2 aromatic carbocycles. The molecule has 1 aromatic heterocycles. The van der Waals surface area contributed by atoms with E-state index < -0.39 is 11.9 Å². The van der Waals surface area contributed by atoms with Crippen LogP contribution >= 0.6 is 0 Å². The molecule has 0 atom stereocenters. The van der Waals surface area contributed by atoms with Crippen molar-refractivity contribution in [3.8, 4) is 0 Å². The van der Waals surface area contributed by atoms with E-state index in [-0.39, 0.29) is 24.6 Å². The maximum Gasteiger partial charge on any atom is 0.341 e. The average molecular weight is 381 g/mol.